The lowest BCUT2D eigenvalue weighted by atomic mass is 10.0. The van der Waals surface area contributed by atoms with E-state index >= 15 is 0 Å². The fourth-order valence-electron chi connectivity index (χ4n) is 3.34. The molecule has 0 unspecified atom stereocenters. The first-order valence-corrected chi connectivity index (χ1v) is 10.5. The van der Waals surface area contributed by atoms with Gasteiger partial charge in [-0.3, -0.25) is 4.79 Å². The van der Waals surface area contributed by atoms with Crippen LogP contribution in [0.1, 0.15) is 21.7 Å². The number of fused-ring (bicyclic) bond motifs is 2. The van der Waals surface area contributed by atoms with Gasteiger partial charge in [-0.25, -0.2) is 0 Å². The molecule has 0 aliphatic heterocycles. The number of halogens is 1. The zero-order valence-corrected chi connectivity index (χ0v) is 17.5. The van der Waals surface area contributed by atoms with E-state index in [1.165, 1.54) is 11.3 Å². The van der Waals surface area contributed by atoms with Crippen LogP contribution >= 0.6 is 22.9 Å². The summed E-state index contributed by atoms with van der Waals surface area (Å²) in [5.74, 6) is 0.637. The van der Waals surface area contributed by atoms with Gasteiger partial charge in [0.1, 0.15) is 5.01 Å². The summed E-state index contributed by atoms with van der Waals surface area (Å²) in [7, 11) is 0. The van der Waals surface area contributed by atoms with Crippen molar-refractivity contribution in [2.24, 2.45) is 0 Å². The topological polar surface area (TPSA) is 72.2 Å². The Labute approximate surface area is 181 Å². The van der Waals surface area contributed by atoms with Crippen LogP contribution in [0.4, 0.5) is 0 Å². The Balaban J connectivity index is 1.32. The minimum Gasteiger partial charge on any atom is -0.348 e. The normalized spacial score (nSPS) is 11.3. The largest absolute Gasteiger partial charge is 0.348 e. The van der Waals surface area contributed by atoms with Gasteiger partial charge in [0, 0.05) is 28.1 Å². The van der Waals surface area contributed by atoms with Gasteiger partial charge in [0.2, 0.25) is 4.96 Å². The maximum absolute atomic E-state index is 12.8. The zero-order valence-electron chi connectivity index (χ0n) is 16.0. The number of amides is 1. The Morgan fingerprint density at radius 1 is 1.03 bits per heavy atom. The van der Waals surface area contributed by atoms with E-state index in [0.29, 0.717) is 17.1 Å². The first-order chi connectivity index (χ1) is 14.6. The average Bonchev–Trinajstić information content (AvgIpc) is 3.34. The molecule has 0 saturated heterocycles. The van der Waals surface area contributed by atoms with Crippen molar-refractivity contribution in [3.05, 3.63) is 82.6 Å². The summed E-state index contributed by atoms with van der Waals surface area (Å²) < 4.78 is 1.74. The van der Waals surface area contributed by atoms with Crippen molar-refractivity contribution in [1.29, 1.82) is 0 Å². The van der Waals surface area contributed by atoms with Crippen LogP contribution in [0.2, 0.25) is 5.02 Å². The summed E-state index contributed by atoms with van der Waals surface area (Å²) >= 11 is 7.75. The van der Waals surface area contributed by atoms with Crippen molar-refractivity contribution < 1.29 is 4.79 Å². The summed E-state index contributed by atoms with van der Waals surface area (Å²) in [5, 5.41) is 18.9. The van der Waals surface area contributed by atoms with Crippen LogP contribution in [-0.4, -0.2) is 25.7 Å². The molecule has 5 rings (SSSR count). The third kappa shape index (κ3) is 3.32. The fraction of sp³-hybridized carbons (Fsp3) is 0.0909. The van der Waals surface area contributed by atoms with E-state index in [-0.39, 0.29) is 5.91 Å². The van der Waals surface area contributed by atoms with Crippen LogP contribution in [0.25, 0.3) is 26.3 Å². The second kappa shape index (κ2) is 7.51. The number of hydrogen-bond acceptors (Lipinski definition) is 5. The molecule has 0 bridgehead atoms. The van der Waals surface area contributed by atoms with Crippen LogP contribution in [0.3, 0.4) is 0 Å². The summed E-state index contributed by atoms with van der Waals surface area (Å²) in [4.78, 5) is 13.5. The maximum atomic E-state index is 12.8. The van der Waals surface area contributed by atoms with E-state index < -0.39 is 0 Å². The van der Waals surface area contributed by atoms with Gasteiger partial charge in [0.25, 0.3) is 5.91 Å². The molecule has 148 valence electrons. The van der Waals surface area contributed by atoms with Crippen molar-refractivity contribution in [2.75, 3.05) is 0 Å². The smallest absolute Gasteiger partial charge is 0.252 e. The van der Waals surface area contributed by atoms with E-state index in [1.807, 2.05) is 67.6 Å². The molecule has 0 aliphatic carbocycles. The molecule has 0 fully saturated rings. The van der Waals surface area contributed by atoms with Crippen LogP contribution in [0.15, 0.2) is 60.7 Å². The number of aryl methyl sites for hydroxylation is 1. The summed E-state index contributed by atoms with van der Waals surface area (Å²) in [6.07, 6.45) is 0. The molecule has 1 N–H and O–H groups in total. The maximum Gasteiger partial charge on any atom is 0.252 e. The van der Waals surface area contributed by atoms with E-state index in [9.17, 15) is 4.79 Å². The predicted molar refractivity (Wildman–Crippen MR) is 119 cm³/mol. The molecule has 2 heterocycles. The minimum atomic E-state index is -0.129. The number of carbonyl (C=O) groups is 1. The predicted octanol–water partition coefficient (Wildman–Crippen LogP) is 4.90. The quantitative estimate of drug-likeness (QED) is 0.437. The molecule has 30 heavy (non-hydrogen) atoms. The summed E-state index contributed by atoms with van der Waals surface area (Å²) in [5.41, 5.74) is 2.62. The van der Waals surface area contributed by atoms with Gasteiger partial charge >= 0.3 is 0 Å². The monoisotopic (exact) mass is 433 g/mol. The Hall–Kier alpha value is -3.29. The van der Waals surface area contributed by atoms with Gasteiger partial charge in [0.05, 0.1) is 0 Å². The van der Waals surface area contributed by atoms with Gasteiger partial charge in [-0.1, -0.05) is 71.5 Å². The minimum absolute atomic E-state index is 0.129. The lowest BCUT2D eigenvalue weighted by Crippen LogP contribution is -2.23. The third-order valence-corrected chi connectivity index (χ3v) is 6.19. The number of carbonyl (C=O) groups excluding carboxylic acids is 1. The summed E-state index contributed by atoms with van der Waals surface area (Å²) in [6.45, 7) is 2.31. The molecule has 2 aromatic heterocycles. The van der Waals surface area contributed by atoms with E-state index in [2.05, 4.69) is 20.6 Å². The molecular formula is C22H16ClN5OS. The van der Waals surface area contributed by atoms with Crippen LogP contribution in [0, 0.1) is 6.92 Å². The van der Waals surface area contributed by atoms with E-state index in [0.717, 1.165) is 37.7 Å². The molecule has 0 saturated carbocycles. The highest BCUT2D eigenvalue weighted by Crippen LogP contribution is 2.27. The number of rotatable bonds is 4. The van der Waals surface area contributed by atoms with Crippen LogP contribution in [0.5, 0.6) is 0 Å². The second-order valence-corrected chi connectivity index (χ2v) is 8.23. The van der Waals surface area contributed by atoms with Crippen molar-refractivity contribution in [3.63, 3.8) is 0 Å². The number of nitrogens with one attached hydrogen (secondary N) is 1. The van der Waals surface area contributed by atoms with Gasteiger partial charge < -0.3 is 5.32 Å². The highest BCUT2D eigenvalue weighted by atomic mass is 35.5. The van der Waals surface area contributed by atoms with Crippen LogP contribution < -0.4 is 5.32 Å². The summed E-state index contributed by atoms with van der Waals surface area (Å²) in [6, 6.07) is 19.1. The van der Waals surface area contributed by atoms with E-state index in [4.69, 9.17) is 11.6 Å². The number of hydrogen-bond donors (Lipinski definition) is 1. The van der Waals surface area contributed by atoms with Crippen molar-refractivity contribution in [1.82, 2.24) is 25.1 Å². The Morgan fingerprint density at radius 2 is 1.80 bits per heavy atom. The second-order valence-electron chi connectivity index (χ2n) is 6.87. The number of benzene rings is 3. The molecule has 6 nitrogen and oxygen atoms in total. The number of aromatic nitrogens is 4. The molecule has 1 amide bonds. The van der Waals surface area contributed by atoms with Crippen molar-refractivity contribution >= 4 is 44.6 Å². The highest BCUT2D eigenvalue weighted by molar-refractivity contribution is 7.19. The standard InChI is InChI=1S/C22H16ClN5OS/c1-13-25-26-22-28(13)27-21(30-22)15-10-8-14(9-11-15)12-24-20(29)18-6-2-5-17-16(18)4-3-7-19(17)23/h2-11H,12H2,1H3,(H,24,29). The van der Waals surface area contributed by atoms with Gasteiger partial charge in [-0.15, -0.1) is 10.2 Å². The number of nitrogens with zero attached hydrogens (tertiary/aromatic N) is 4. The Bertz CT molecular complexity index is 1390. The Morgan fingerprint density at radius 3 is 2.60 bits per heavy atom. The molecule has 0 aliphatic rings. The molecule has 5 aromatic rings. The molecular weight excluding hydrogens is 418 g/mol. The SMILES string of the molecule is Cc1nnc2sc(-c3ccc(CNC(=O)c4cccc5c(Cl)cccc45)cc3)nn12. The first kappa shape index (κ1) is 18.7. The first-order valence-electron chi connectivity index (χ1n) is 9.34. The molecule has 0 atom stereocenters. The average molecular weight is 434 g/mol. The van der Waals surface area contributed by atoms with Crippen molar-refractivity contribution in [3.8, 4) is 10.6 Å². The Kier molecular flexibility index (Phi) is 4.69. The van der Waals surface area contributed by atoms with Gasteiger partial charge in [-0.2, -0.15) is 9.61 Å². The van der Waals surface area contributed by atoms with Crippen LogP contribution in [-0.2, 0) is 6.54 Å². The molecule has 0 radical (unpaired) electrons. The van der Waals surface area contributed by atoms with Gasteiger partial charge in [-0.05, 0) is 30.0 Å². The fourth-order valence-corrected chi connectivity index (χ4v) is 4.47. The van der Waals surface area contributed by atoms with E-state index in [1.54, 1.807) is 4.52 Å². The van der Waals surface area contributed by atoms with Gasteiger partial charge in [0.15, 0.2) is 5.82 Å². The molecule has 0 spiro atoms. The van der Waals surface area contributed by atoms with Crippen molar-refractivity contribution in [2.45, 2.75) is 13.5 Å². The molecule has 8 heteroatoms. The third-order valence-electron chi connectivity index (χ3n) is 4.91. The molecule has 3 aromatic carbocycles. The lowest BCUT2D eigenvalue weighted by molar-refractivity contribution is 0.0952. The highest BCUT2D eigenvalue weighted by Gasteiger charge is 2.12. The zero-order chi connectivity index (χ0) is 20.7. The lowest BCUT2D eigenvalue weighted by Gasteiger charge is -2.09.